The fourth-order valence-electron chi connectivity index (χ4n) is 4.04. The Labute approximate surface area is 156 Å². The Hall–Kier alpha value is -2.30. The van der Waals surface area contributed by atoms with Gasteiger partial charge in [-0.05, 0) is 44.4 Å². The monoisotopic (exact) mass is 351 g/mol. The Morgan fingerprint density at radius 3 is 2.38 bits per heavy atom. The Kier molecular flexibility index (Phi) is 4.96. The van der Waals surface area contributed by atoms with Crippen molar-refractivity contribution in [3.63, 3.8) is 0 Å². The first-order chi connectivity index (χ1) is 12.7. The van der Waals surface area contributed by atoms with E-state index in [4.69, 9.17) is 9.97 Å². The zero-order valence-electron chi connectivity index (χ0n) is 15.9. The van der Waals surface area contributed by atoms with Gasteiger partial charge < -0.3 is 15.1 Å². The van der Waals surface area contributed by atoms with Gasteiger partial charge in [-0.1, -0.05) is 25.0 Å². The molecule has 2 aromatic rings. The highest BCUT2D eigenvalue weighted by Crippen LogP contribution is 2.24. The molecule has 0 atom stereocenters. The van der Waals surface area contributed by atoms with Crippen molar-refractivity contribution in [1.82, 2.24) is 9.97 Å². The van der Waals surface area contributed by atoms with Crippen LogP contribution in [0.3, 0.4) is 0 Å². The number of rotatable bonds is 4. The van der Waals surface area contributed by atoms with Gasteiger partial charge in [-0.3, -0.25) is 0 Å². The molecular formula is C21H29N5. The van der Waals surface area contributed by atoms with E-state index in [2.05, 4.69) is 59.3 Å². The molecule has 1 saturated carbocycles. The molecule has 1 aromatic carbocycles. The molecule has 5 nitrogen and oxygen atoms in total. The van der Waals surface area contributed by atoms with Crippen molar-refractivity contribution in [3.8, 4) is 0 Å². The van der Waals surface area contributed by atoms with Crippen LogP contribution in [0.5, 0.6) is 0 Å². The number of hydrogen-bond acceptors (Lipinski definition) is 5. The molecule has 0 radical (unpaired) electrons. The van der Waals surface area contributed by atoms with Crippen LogP contribution in [0, 0.1) is 13.8 Å². The number of aryl methyl sites for hydroxylation is 2. The smallest absolute Gasteiger partial charge is 0.227 e. The highest BCUT2D eigenvalue weighted by atomic mass is 15.3. The van der Waals surface area contributed by atoms with E-state index in [1.54, 1.807) is 0 Å². The highest BCUT2D eigenvalue weighted by Gasteiger charge is 2.21. The maximum Gasteiger partial charge on any atom is 0.227 e. The Morgan fingerprint density at radius 2 is 1.65 bits per heavy atom. The number of aromatic nitrogens is 2. The summed E-state index contributed by atoms with van der Waals surface area (Å²) in [7, 11) is 0. The Balaban J connectivity index is 1.43. The molecule has 0 unspecified atom stereocenters. The second-order valence-corrected chi connectivity index (χ2v) is 7.63. The van der Waals surface area contributed by atoms with E-state index >= 15 is 0 Å². The lowest BCUT2D eigenvalue weighted by Gasteiger charge is -2.36. The molecule has 0 amide bonds. The Bertz CT molecular complexity index is 746. The van der Waals surface area contributed by atoms with Crippen molar-refractivity contribution in [2.24, 2.45) is 0 Å². The number of piperazine rings is 1. The van der Waals surface area contributed by atoms with Gasteiger partial charge in [-0.25, -0.2) is 4.98 Å². The van der Waals surface area contributed by atoms with Gasteiger partial charge in [-0.15, -0.1) is 0 Å². The first kappa shape index (κ1) is 17.1. The van der Waals surface area contributed by atoms with Gasteiger partial charge in [0.1, 0.15) is 5.82 Å². The summed E-state index contributed by atoms with van der Waals surface area (Å²) in [6, 6.07) is 11.4. The predicted molar refractivity (Wildman–Crippen MR) is 108 cm³/mol. The van der Waals surface area contributed by atoms with E-state index in [1.807, 2.05) is 0 Å². The molecule has 1 aliphatic heterocycles. The summed E-state index contributed by atoms with van der Waals surface area (Å²) in [5.41, 5.74) is 3.67. The van der Waals surface area contributed by atoms with Crippen LogP contribution in [0.25, 0.3) is 0 Å². The zero-order valence-corrected chi connectivity index (χ0v) is 15.9. The van der Waals surface area contributed by atoms with Crippen molar-refractivity contribution in [2.75, 3.05) is 41.3 Å². The molecule has 1 aliphatic carbocycles. The molecule has 2 heterocycles. The predicted octanol–water partition coefficient (Wildman–Crippen LogP) is 3.77. The average Bonchev–Trinajstić information content (AvgIpc) is 3.14. The van der Waals surface area contributed by atoms with E-state index in [0.29, 0.717) is 6.04 Å². The number of hydrogen-bond donors (Lipinski definition) is 1. The van der Waals surface area contributed by atoms with Gasteiger partial charge in [0, 0.05) is 49.7 Å². The summed E-state index contributed by atoms with van der Waals surface area (Å²) in [4.78, 5) is 14.3. The van der Waals surface area contributed by atoms with Crippen LogP contribution in [0.1, 0.15) is 36.9 Å². The third-order valence-electron chi connectivity index (χ3n) is 5.48. The normalized spacial score (nSPS) is 18.4. The molecule has 4 rings (SSSR count). The summed E-state index contributed by atoms with van der Waals surface area (Å²) in [6.45, 7) is 8.14. The third kappa shape index (κ3) is 3.92. The lowest BCUT2D eigenvalue weighted by atomic mass is 10.2. The summed E-state index contributed by atoms with van der Waals surface area (Å²) >= 11 is 0. The van der Waals surface area contributed by atoms with Crippen molar-refractivity contribution in [3.05, 3.63) is 41.6 Å². The molecular weight excluding hydrogens is 322 g/mol. The maximum absolute atomic E-state index is 4.82. The molecule has 26 heavy (non-hydrogen) atoms. The number of nitrogens with one attached hydrogen (secondary N) is 1. The van der Waals surface area contributed by atoms with Crippen LogP contribution in [0.15, 0.2) is 30.3 Å². The Morgan fingerprint density at radius 1 is 0.923 bits per heavy atom. The van der Waals surface area contributed by atoms with Gasteiger partial charge in [0.15, 0.2) is 0 Å². The molecule has 2 aliphatic rings. The van der Waals surface area contributed by atoms with Crippen LogP contribution in [0.2, 0.25) is 0 Å². The minimum Gasteiger partial charge on any atom is -0.368 e. The minimum absolute atomic E-state index is 0.579. The van der Waals surface area contributed by atoms with Crippen molar-refractivity contribution in [2.45, 2.75) is 45.6 Å². The topological polar surface area (TPSA) is 44.3 Å². The van der Waals surface area contributed by atoms with E-state index < -0.39 is 0 Å². The van der Waals surface area contributed by atoms with Crippen LogP contribution in [-0.4, -0.2) is 42.2 Å². The maximum atomic E-state index is 4.82. The zero-order chi connectivity index (χ0) is 17.9. The standard InChI is InChI=1S/C21H29N5/c1-16-6-5-9-19(14-16)25-10-12-26(13-11-25)21-22-17(2)15-20(24-21)23-18-7-3-4-8-18/h5-6,9,14-15,18H,3-4,7-8,10-13H2,1-2H3,(H,22,23,24). The van der Waals surface area contributed by atoms with Gasteiger partial charge in [-0.2, -0.15) is 4.98 Å². The molecule has 2 fully saturated rings. The van der Waals surface area contributed by atoms with Crippen LogP contribution < -0.4 is 15.1 Å². The van der Waals surface area contributed by atoms with Crippen LogP contribution in [0.4, 0.5) is 17.5 Å². The molecule has 5 heteroatoms. The van der Waals surface area contributed by atoms with Crippen molar-refractivity contribution in [1.29, 1.82) is 0 Å². The van der Waals surface area contributed by atoms with Crippen LogP contribution >= 0.6 is 0 Å². The summed E-state index contributed by atoms with van der Waals surface area (Å²) < 4.78 is 0. The second-order valence-electron chi connectivity index (χ2n) is 7.63. The van der Waals surface area contributed by atoms with Crippen molar-refractivity contribution < 1.29 is 0 Å². The van der Waals surface area contributed by atoms with E-state index in [0.717, 1.165) is 43.6 Å². The van der Waals surface area contributed by atoms with Gasteiger partial charge in [0.2, 0.25) is 5.95 Å². The lowest BCUT2D eigenvalue weighted by molar-refractivity contribution is 0.638. The summed E-state index contributed by atoms with van der Waals surface area (Å²) in [5.74, 6) is 1.86. The van der Waals surface area contributed by atoms with Crippen LogP contribution in [-0.2, 0) is 0 Å². The fraction of sp³-hybridized carbons (Fsp3) is 0.524. The van der Waals surface area contributed by atoms with E-state index in [9.17, 15) is 0 Å². The lowest BCUT2D eigenvalue weighted by Crippen LogP contribution is -2.47. The third-order valence-corrected chi connectivity index (χ3v) is 5.48. The van der Waals surface area contributed by atoms with E-state index in [-0.39, 0.29) is 0 Å². The second kappa shape index (κ2) is 7.52. The van der Waals surface area contributed by atoms with Gasteiger partial charge in [0.05, 0.1) is 0 Å². The number of nitrogens with zero attached hydrogens (tertiary/aromatic N) is 4. The largest absolute Gasteiger partial charge is 0.368 e. The SMILES string of the molecule is Cc1cccc(N2CCN(c3nc(C)cc(NC4CCCC4)n3)CC2)c1. The molecule has 138 valence electrons. The highest BCUT2D eigenvalue weighted by molar-refractivity contribution is 5.51. The van der Waals surface area contributed by atoms with Gasteiger partial charge >= 0.3 is 0 Å². The fourth-order valence-corrected chi connectivity index (χ4v) is 4.04. The molecule has 0 spiro atoms. The van der Waals surface area contributed by atoms with Gasteiger partial charge in [0.25, 0.3) is 0 Å². The van der Waals surface area contributed by atoms with Crippen molar-refractivity contribution >= 4 is 17.5 Å². The first-order valence-corrected chi connectivity index (χ1v) is 9.86. The first-order valence-electron chi connectivity index (χ1n) is 9.86. The number of anilines is 3. The van der Waals surface area contributed by atoms with E-state index in [1.165, 1.54) is 36.9 Å². The average molecular weight is 351 g/mol. The molecule has 1 N–H and O–H groups in total. The quantitative estimate of drug-likeness (QED) is 0.908. The summed E-state index contributed by atoms with van der Waals surface area (Å²) in [5, 5.41) is 3.61. The molecule has 1 saturated heterocycles. The molecule has 0 bridgehead atoms. The molecule has 1 aromatic heterocycles. The minimum atomic E-state index is 0.579. The summed E-state index contributed by atoms with van der Waals surface area (Å²) in [6.07, 6.45) is 5.17. The number of benzene rings is 1.